The number of hydrazine groups is 1. The van der Waals surface area contributed by atoms with Crippen molar-refractivity contribution in [3.8, 4) is 0 Å². The Bertz CT molecular complexity index is 533. The lowest BCUT2D eigenvalue weighted by molar-refractivity contribution is 0.601. The van der Waals surface area contributed by atoms with Gasteiger partial charge in [0.15, 0.2) is 11.6 Å². The van der Waals surface area contributed by atoms with Crippen molar-refractivity contribution in [3.63, 3.8) is 0 Å². The Morgan fingerprint density at radius 3 is 2.84 bits per heavy atom. The summed E-state index contributed by atoms with van der Waals surface area (Å²) in [6.45, 7) is 2.98. The van der Waals surface area contributed by atoms with Gasteiger partial charge in [-0.25, -0.2) is 15.2 Å². The predicted octanol–water partition coefficient (Wildman–Crippen LogP) is 1.32. The second-order valence-corrected chi connectivity index (χ2v) is 3.84. The number of pyridine rings is 1. The van der Waals surface area contributed by atoms with Crippen LogP contribution in [0.15, 0.2) is 30.6 Å². The van der Waals surface area contributed by atoms with Crippen molar-refractivity contribution in [3.05, 3.63) is 42.1 Å². The molecule has 0 unspecified atom stereocenters. The molecule has 2 aromatic rings. The Hall–Kier alpha value is -2.28. The maximum absolute atomic E-state index is 13.8. The summed E-state index contributed by atoms with van der Waals surface area (Å²) in [7, 11) is 0. The molecule has 0 aromatic carbocycles. The van der Waals surface area contributed by atoms with E-state index in [0.717, 1.165) is 11.9 Å². The number of nitrogens with two attached hydrogens (primary N) is 1. The van der Waals surface area contributed by atoms with Crippen LogP contribution >= 0.6 is 0 Å². The quantitative estimate of drug-likeness (QED) is 0.625. The van der Waals surface area contributed by atoms with Gasteiger partial charge < -0.3 is 4.90 Å². The molecule has 0 radical (unpaired) electrons. The van der Waals surface area contributed by atoms with E-state index in [0.29, 0.717) is 13.1 Å². The molecule has 2 rings (SSSR count). The zero-order valence-electron chi connectivity index (χ0n) is 10.5. The number of nitrogens with one attached hydrogen (secondary N) is 1. The topological polar surface area (TPSA) is 80.0 Å². The lowest BCUT2D eigenvalue weighted by Gasteiger charge is -2.22. The summed E-state index contributed by atoms with van der Waals surface area (Å²) in [6.07, 6.45) is 2.80. The van der Waals surface area contributed by atoms with Crippen LogP contribution in [-0.4, -0.2) is 21.5 Å². The van der Waals surface area contributed by atoms with Gasteiger partial charge >= 0.3 is 0 Å². The van der Waals surface area contributed by atoms with Gasteiger partial charge in [0.2, 0.25) is 5.95 Å². The van der Waals surface area contributed by atoms with Gasteiger partial charge in [0, 0.05) is 12.7 Å². The third kappa shape index (κ3) is 3.14. The van der Waals surface area contributed by atoms with Crippen LogP contribution in [0.4, 0.5) is 16.2 Å². The number of rotatable bonds is 5. The van der Waals surface area contributed by atoms with E-state index in [1.807, 2.05) is 25.1 Å². The Labute approximate surface area is 110 Å². The van der Waals surface area contributed by atoms with Crippen LogP contribution in [0.1, 0.15) is 12.6 Å². The van der Waals surface area contributed by atoms with Crippen LogP contribution in [0, 0.1) is 5.82 Å². The van der Waals surface area contributed by atoms with Crippen molar-refractivity contribution in [2.75, 3.05) is 16.9 Å². The zero-order valence-corrected chi connectivity index (χ0v) is 10.5. The predicted molar refractivity (Wildman–Crippen MR) is 70.8 cm³/mol. The first kappa shape index (κ1) is 13.2. The number of nitrogens with zero attached hydrogens (tertiary/aromatic N) is 4. The minimum absolute atomic E-state index is 0.177. The normalized spacial score (nSPS) is 10.3. The summed E-state index contributed by atoms with van der Waals surface area (Å²) in [6, 6.07) is 5.60. The van der Waals surface area contributed by atoms with Crippen molar-refractivity contribution < 1.29 is 4.39 Å². The lowest BCUT2D eigenvalue weighted by atomic mass is 10.3. The van der Waals surface area contributed by atoms with Gasteiger partial charge in [0.25, 0.3) is 0 Å². The minimum Gasteiger partial charge on any atom is -0.348 e. The van der Waals surface area contributed by atoms with Crippen molar-refractivity contribution in [1.29, 1.82) is 0 Å². The van der Waals surface area contributed by atoms with E-state index >= 15 is 0 Å². The van der Waals surface area contributed by atoms with Crippen molar-refractivity contribution in [2.24, 2.45) is 5.84 Å². The second kappa shape index (κ2) is 6.05. The van der Waals surface area contributed by atoms with E-state index in [1.54, 1.807) is 11.1 Å². The van der Waals surface area contributed by atoms with E-state index in [2.05, 4.69) is 20.4 Å². The van der Waals surface area contributed by atoms with Crippen LogP contribution in [0.5, 0.6) is 0 Å². The molecule has 0 atom stereocenters. The Kier molecular flexibility index (Phi) is 4.19. The molecular weight excluding hydrogens is 247 g/mol. The molecular formula is C12H15FN6. The van der Waals surface area contributed by atoms with E-state index in [-0.39, 0.29) is 11.8 Å². The fraction of sp³-hybridized carbons (Fsp3) is 0.250. The molecule has 0 spiro atoms. The van der Waals surface area contributed by atoms with Crippen LogP contribution in [0.3, 0.4) is 0 Å². The van der Waals surface area contributed by atoms with Gasteiger partial charge in [-0.15, -0.1) is 0 Å². The summed E-state index contributed by atoms with van der Waals surface area (Å²) in [5.74, 6) is 5.13. The molecule has 0 fully saturated rings. The number of hydrogen-bond donors (Lipinski definition) is 2. The average molecular weight is 262 g/mol. The monoisotopic (exact) mass is 262 g/mol. The molecule has 2 aromatic heterocycles. The molecule has 0 bridgehead atoms. The van der Waals surface area contributed by atoms with E-state index < -0.39 is 5.82 Å². The summed E-state index contributed by atoms with van der Waals surface area (Å²) in [5, 5.41) is 0. The largest absolute Gasteiger partial charge is 0.348 e. The molecule has 0 aliphatic rings. The van der Waals surface area contributed by atoms with Gasteiger partial charge in [-0.1, -0.05) is 6.07 Å². The van der Waals surface area contributed by atoms with E-state index in [9.17, 15) is 4.39 Å². The SMILES string of the molecule is CCN(Cc1ccccn1)c1nc(NN)ncc1F. The van der Waals surface area contributed by atoms with Gasteiger partial charge in [0.1, 0.15) is 0 Å². The van der Waals surface area contributed by atoms with Gasteiger partial charge in [-0.2, -0.15) is 4.98 Å². The van der Waals surface area contributed by atoms with Crippen molar-refractivity contribution in [1.82, 2.24) is 15.0 Å². The number of halogens is 1. The highest BCUT2D eigenvalue weighted by molar-refractivity contribution is 5.43. The maximum Gasteiger partial charge on any atom is 0.239 e. The Morgan fingerprint density at radius 1 is 1.37 bits per heavy atom. The number of aromatic nitrogens is 3. The fourth-order valence-electron chi connectivity index (χ4n) is 1.67. The third-order valence-electron chi connectivity index (χ3n) is 2.61. The average Bonchev–Trinajstić information content (AvgIpc) is 2.47. The smallest absolute Gasteiger partial charge is 0.239 e. The van der Waals surface area contributed by atoms with Gasteiger partial charge in [-0.3, -0.25) is 10.4 Å². The highest BCUT2D eigenvalue weighted by Crippen LogP contribution is 2.18. The summed E-state index contributed by atoms with van der Waals surface area (Å²) in [4.78, 5) is 13.7. The molecule has 6 nitrogen and oxygen atoms in total. The molecule has 0 aliphatic carbocycles. The summed E-state index contributed by atoms with van der Waals surface area (Å²) in [5.41, 5.74) is 3.14. The first-order chi connectivity index (χ1) is 9.24. The standard InChI is InChI=1S/C12H15FN6/c1-2-19(8-9-5-3-4-6-15-9)11-10(13)7-16-12(17-11)18-14/h3-7H,2,8,14H2,1H3,(H,16,17,18). The molecule has 19 heavy (non-hydrogen) atoms. The Morgan fingerprint density at radius 2 is 2.21 bits per heavy atom. The number of anilines is 2. The molecule has 100 valence electrons. The third-order valence-corrected chi connectivity index (χ3v) is 2.61. The molecule has 3 N–H and O–H groups in total. The molecule has 2 heterocycles. The van der Waals surface area contributed by atoms with Gasteiger partial charge in [0.05, 0.1) is 18.4 Å². The first-order valence-electron chi connectivity index (χ1n) is 5.88. The fourth-order valence-corrected chi connectivity index (χ4v) is 1.67. The highest BCUT2D eigenvalue weighted by Gasteiger charge is 2.14. The summed E-state index contributed by atoms with van der Waals surface area (Å²) >= 11 is 0. The maximum atomic E-state index is 13.8. The summed E-state index contributed by atoms with van der Waals surface area (Å²) < 4.78 is 13.8. The lowest BCUT2D eigenvalue weighted by Crippen LogP contribution is -2.25. The van der Waals surface area contributed by atoms with Crippen LogP contribution < -0.4 is 16.2 Å². The van der Waals surface area contributed by atoms with E-state index in [1.165, 1.54) is 0 Å². The molecule has 7 heteroatoms. The molecule has 0 amide bonds. The molecule has 0 aliphatic heterocycles. The first-order valence-corrected chi connectivity index (χ1v) is 5.88. The Balaban J connectivity index is 2.26. The van der Waals surface area contributed by atoms with Crippen molar-refractivity contribution in [2.45, 2.75) is 13.5 Å². The van der Waals surface area contributed by atoms with Crippen LogP contribution in [-0.2, 0) is 6.54 Å². The number of hydrogen-bond acceptors (Lipinski definition) is 6. The molecule has 0 saturated carbocycles. The van der Waals surface area contributed by atoms with Crippen LogP contribution in [0.2, 0.25) is 0 Å². The second-order valence-electron chi connectivity index (χ2n) is 3.84. The van der Waals surface area contributed by atoms with Crippen LogP contribution in [0.25, 0.3) is 0 Å². The molecule has 0 saturated heterocycles. The zero-order chi connectivity index (χ0) is 13.7. The number of nitrogen functional groups attached to an aromatic ring is 1. The van der Waals surface area contributed by atoms with Crippen molar-refractivity contribution >= 4 is 11.8 Å². The van der Waals surface area contributed by atoms with E-state index in [4.69, 9.17) is 5.84 Å². The highest BCUT2D eigenvalue weighted by atomic mass is 19.1. The minimum atomic E-state index is -0.489. The van der Waals surface area contributed by atoms with Gasteiger partial charge in [-0.05, 0) is 19.1 Å².